The first-order valence-corrected chi connectivity index (χ1v) is 13.9. The molecule has 40 heavy (non-hydrogen) atoms. The minimum Gasteiger partial charge on any atom is -0.497 e. The standard InChI is InChI=1S/C31H36ClN3O5/c1-40-25-8-2-6-23(18-25)28-26(9-3-10-27(28)32)31(39,15-5-16-34-30(37)38)24-7-4-17-35(20-24)29(36)22-13-11-21(19-33)12-14-22/h2-3,6,8-14,18,24,34,39H,4-5,7,15-17,19-20,33H2,1H3,(H,37,38). The molecule has 0 bridgehead atoms. The Balaban J connectivity index is 1.71. The summed E-state index contributed by atoms with van der Waals surface area (Å²) in [5.41, 5.74) is 7.99. The van der Waals surface area contributed by atoms with Crippen LogP contribution in [0.5, 0.6) is 5.75 Å². The lowest BCUT2D eigenvalue weighted by Gasteiger charge is -2.44. The molecule has 2 atom stereocenters. The number of benzene rings is 3. The van der Waals surface area contributed by atoms with Gasteiger partial charge in [-0.3, -0.25) is 4.79 Å². The first kappa shape index (κ1) is 29.4. The third-order valence-corrected chi connectivity index (χ3v) is 7.98. The van der Waals surface area contributed by atoms with Gasteiger partial charge in [-0.25, -0.2) is 4.79 Å². The smallest absolute Gasteiger partial charge is 0.404 e. The molecule has 0 saturated carbocycles. The van der Waals surface area contributed by atoms with Crippen LogP contribution < -0.4 is 15.8 Å². The first-order valence-electron chi connectivity index (χ1n) is 13.5. The molecule has 0 radical (unpaired) electrons. The number of rotatable bonds is 10. The molecular weight excluding hydrogens is 530 g/mol. The van der Waals surface area contributed by atoms with Crippen molar-refractivity contribution < 1.29 is 24.5 Å². The van der Waals surface area contributed by atoms with Crippen molar-refractivity contribution in [1.29, 1.82) is 0 Å². The molecule has 3 aromatic rings. The second-order valence-corrected chi connectivity index (χ2v) is 10.6. The zero-order chi connectivity index (χ0) is 28.7. The number of methoxy groups -OCH3 is 1. The highest BCUT2D eigenvalue weighted by Crippen LogP contribution is 2.46. The van der Waals surface area contributed by atoms with Gasteiger partial charge in [-0.2, -0.15) is 0 Å². The fourth-order valence-electron chi connectivity index (χ4n) is 5.59. The number of hydrogen-bond acceptors (Lipinski definition) is 5. The summed E-state index contributed by atoms with van der Waals surface area (Å²) < 4.78 is 5.44. The summed E-state index contributed by atoms with van der Waals surface area (Å²) in [5, 5.41) is 24.5. The molecule has 2 unspecified atom stereocenters. The van der Waals surface area contributed by atoms with Gasteiger partial charge in [0.1, 0.15) is 5.75 Å². The molecule has 0 spiro atoms. The number of ether oxygens (including phenoxy) is 1. The summed E-state index contributed by atoms with van der Waals surface area (Å²) in [6.45, 7) is 1.53. The highest BCUT2D eigenvalue weighted by molar-refractivity contribution is 6.33. The lowest BCUT2D eigenvalue weighted by Crippen LogP contribution is -2.48. The van der Waals surface area contributed by atoms with Crippen molar-refractivity contribution in [2.45, 2.75) is 37.8 Å². The Kier molecular flexibility index (Phi) is 9.68. The van der Waals surface area contributed by atoms with Crippen molar-refractivity contribution in [2.75, 3.05) is 26.7 Å². The van der Waals surface area contributed by atoms with Crippen LogP contribution in [0, 0.1) is 5.92 Å². The van der Waals surface area contributed by atoms with E-state index in [9.17, 15) is 14.7 Å². The number of piperidine rings is 1. The largest absolute Gasteiger partial charge is 0.497 e. The van der Waals surface area contributed by atoms with Crippen molar-refractivity contribution in [3.05, 3.63) is 88.4 Å². The minimum atomic E-state index is -1.38. The highest BCUT2D eigenvalue weighted by atomic mass is 35.5. The lowest BCUT2D eigenvalue weighted by molar-refractivity contribution is -0.0563. The molecular formula is C31H36ClN3O5. The van der Waals surface area contributed by atoms with Crippen LogP contribution in [0.4, 0.5) is 4.79 Å². The summed E-state index contributed by atoms with van der Waals surface area (Å²) in [5.74, 6) is 0.260. The number of nitrogens with two attached hydrogens (primary N) is 1. The Labute approximate surface area is 239 Å². The molecule has 2 amide bonds. The van der Waals surface area contributed by atoms with Crippen LogP contribution in [0.15, 0.2) is 66.7 Å². The van der Waals surface area contributed by atoms with E-state index in [0.29, 0.717) is 59.9 Å². The van der Waals surface area contributed by atoms with Gasteiger partial charge >= 0.3 is 6.09 Å². The fraction of sp³-hybridized carbons (Fsp3) is 0.355. The Hall–Kier alpha value is -3.59. The van der Waals surface area contributed by atoms with Crippen LogP contribution in [0.2, 0.25) is 5.02 Å². The Morgan fingerprint density at radius 3 is 2.60 bits per heavy atom. The Morgan fingerprint density at radius 1 is 1.15 bits per heavy atom. The van der Waals surface area contributed by atoms with Crippen molar-refractivity contribution in [2.24, 2.45) is 11.7 Å². The predicted molar refractivity (Wildman–Crippen MR) is 156 cm³/mol. The number of carboxylic acid groups (broad SMARTS) is 1. The van der Waals surface area contributed by atoms with Gasteiger partial charge in [-0.15, -0.1) is 0 Å². The SMILES string of the molecule is COc1cccc(-c2c(Cl)cccc2C(O)(CCCNC(=O)O)C2CCCN(C(=O)c3ccc(CN)cc3)C2)c1. The fourth-order valence-corrected chi connectivity index (χ4v) is 5.87. The molecule has 0 aromatic heterocycles. The van der Waals surface area contributed by atoms with E-state index in [4.69, 9.17) is 27.2 Å². The van der Waals surface area contributed by atoms with Crippen LogP contribution in [0.25, 0.3) is 11.1 Å². The van der Waals surface area contributed by atoms with Crippen molar-refractivity contribution in [3.8, 4) is 16.9 Å². The maximum atomic E-state index is 13.5. The molecule has 4 rings (SSSR count). The molecule has 212 valence electrons. The zero-order valence-electron chi connectivity index (χ0n) is 22.6. The van der Waals surface area contributed by atoms with Gasteiger partial charge in [0.25, 0.3) is 5.91 Å². The summed E-state index contributed by atoms with van der Waals surface area (Å²) in [7, 11) is 1.59. The third-order valence-electron chi connectivity index (χ3n) is 7.67. The monoisotopic (exact) mass is 565 g/mol. The van der Waals surface area contributed by atoms with Gasteiger partial charge in [0, 0.05) is 48.2 Å². The van der Waals surface area contributed by atoms with Crippen LogP contribution >= 0.6 is 11.6 Å². The topological polar surface area (TPSA) is 125 Å². The molecule has 5 N–H and O–H groups in total. The molecule has 1 saturated heterocycles. The van der Waals surface area contributed by atoms with E-state index in [2.05, 4.69) is 5.32 Å². The van der Waals surface area contributed by atoms with Gasteiger partial charge in [-0.1, -0.05) is 48.0 Å². The molecule has 9 heteroatoms. The number of hydrogen-bond donors (Lipinski definition) is 4. The summed E-state index contributed by atoms with van der Waals surface area (Å²) >= 11 is 6.78. The third kappa shape index (κ3) is 6.58. The molecule has 1 aliphatic heterocycles. The van der Waals surface area contributed by atoms with Gasteiger partial charge < -0.3 is 30.9 Å². The average Bonchev–Trinajstić information content (AvgIpc) is 2.98. The molecule has 3 aromatic carbocycles. The number of aliphatic hydroxyl groups is 1. The summed E-state index contributed by atoms with van der Waals surface area (Å²) in [6.07, 6.45) is 0.990. The highest BCUT2D eigenvalue weighted by Gasteiger charge is 2.43. The first-order chi connectivity index (χ1) is 19.3. The maximum absolute atomic E-state index is 13.5. The number of amides is 2. The maximum Gasteiger partial charge on any atom is 0.404 e. The zero-order valence-corrected chi connectivity index (χ0v) is 23.4. The van der Waals surface area contributed by atoms with Crippen molar-refractivity contribution in [3.63, 3.8) is 0 Å². The van der Waals surface area contributed by atoms with E-state index in [1.807, 2.05) is 48.5 Å². The molecule has 0 aliphatic carbocycles. The van der Waals surface area contributed by atoms with E-state index >= 15 is 0 Å². The number of halogens is 1. The van der Waals surface area contributed by atoms with E-state index in [0.717, 1.165) is 17.5 Å². The summed E-state index contributed by atoms with van der Waals surface area (Å²) in [4.78, 5) is 26.3. The normalized spacial score (nSPS) is 16.7. The second-order valence-electron chi connectivity index (χ2n) is 10.1. The average molecular weight is 566 g/mol. The van der Waals surface area contributed by atoms with Gasteiger partial charge in [0.2, 0.25) is 0 Å². The van der Waals surface area contributed by atoms with Crippen molar-refractivity contribution in [1.82, 2.24) is 10.2 Å². The van der Waals surface area contributed by atoms with E-state index in [1.165, 1.54) is 0 Å². The second kappa shape index (κ2) is 13.2. The Bertz CT molecular complexity index is 1330. The number of likely N-dealkylation sites (tertiary alicyclic amines) is 1. The number of nitrogens with one attached hydrogen (secondary N) is 1. The van der Waals surface area contributed by atoms with E-state index < -0.39 is 11.7 Å². The Morgan fingerprint density at radius 2 is 1.90 bits per heavy atom. The molecule has 8 nitrogen and oxygen atoms in total. The quantitative estimate of drug-likeness (QED) is 0.248. The minimum absolute atomic E-state index is 0.0951. The van der Waals surface area contributed by atoms with Crippen LogP contribution in [-0.4, -0.2) is 53.9 Å². The van der Waals surface area contributed by atoms with Crippen LogP contribution in [-0.2, 0) is 12.1 Å². The molecule has 1 aliphatic rings. The summed E-state index contributed by atoms with van der Waals surface area (Å²) in [6, 6.07) is 20.3. The predicted octanol–water partition coefficient (Wildman–Crippen LogP) is 5.26. The van der Waals surface area contributed by atoms with Crippen LogP contribution in [0.1, 0.15) is 47.2 Å². The van der Waals surface area contributed by atoms with E-state index in [1.54, 1.807) is 30.2 Å². The van der Waals surface area contributed by atoms with Crippen molar-refractivity contribution >= 4 is 23.6 Å². The number of carbonyl (C=O) groups excluding carboxylic acids is 1. The van der Waals surface area contributed by atoms with Gasteiger partial charge in [0.05, 0.1) is 12.7 Å². The molecule has 1 heterocycles. The van der Waals surface area contributed by atoms with E-state index in [-0.39, 0.29) is 24.8 Å². The molecule has 1 fully saturated rings. The number of nitrogens with zero attached hydrogens (tertiary/aromatic N) is 1. The van der Waals surface area contributed by atoms with Crippen LogP contribution in [0.3, 0.4) is 0 Å². The lowest BCUT2D eigenvalue weighted by atomic mass is 9.72. The van der Waals surface area contributed by atoms with Gasteiger partial charge in [0.15, 0.2) is 0 Å². The number of carbonyl (C=O) groups is 2. The van der Waals surface area contributed by atoms with Gasteiger partial charge in [-0.05, 0) is 72.7 Å².